The van der Waals surface area contributed by atoms with Crippen molar-refractivity contribution in [2.45, 2.75) is 18.9 Å². The number of para-hydroxylation sites is 1. The summed E-state index contributed by atoms with van der Waals surface area (Å²) in [6, 6.07) is 10.2. The maximum absolute atomic E-state index is 13.8. The van der Waals surface area contributed by atoms with Crippen molar-refractivity contribution in [3.63, 3.8) is 0 Å². The summed E-state index contributed by atoms with van der Waals surface area (Å²) >= 11 is 0. The lowest BCUT2D eigenvalue weighted by atomic mass is 10.1. The van der Waals surface area contributed by atoms with Crippen LogP contribution in [0.3, 0.4) is 0 Å². The van der Waals surface area contributed by atoms with Gasteiger partial charge in [-0.3, -0.25) is 0 Å². The van der Waals surface area contributed by atoms with Crippen LogP contribution in [0.1, 0.15) is 12.0 Å². The maximum atomic E-state index is 13.8. The fourth-order valence-electron chi connectivity index (χ4n) is 3.14. The van der Waals surface area contributed by atoms with E-state index in [1.807, 2.05) is 6.07 Å². The van der Waals surface area contributed by atoms with E-state index in [1.54, 1.807) is 23.1 Å². The minimum atomic E-state index is -0.596. The molecule has 2 aromatic rings. The maximum Gasteiger partial charge on any atom is 0.315 e. The fourth-order valence-corrected chi connectivity index (χ4v) is 3.14. The van der Waals surface area contributed by atoms with Crippen LogP contribution in [0, 0.1) is 11.6 Å². The van der Waals surface area contributed by atoms with E-state index in [0.29, 0.717) is 32.5 Å². The number of phenols is 1. The second kappa shape index (κ2) is 8.03. The average Bonchev–Trinajstić information content (AvgIpc) is 3.02. The number of hydrogen-bond donors (Lipinski definition) is 3. The Morgan fingerprint density at radius 2 is 1.92 bits per heavy atom. The minimum Gasteiger partial charge on any atom is -0.508 e. The molecule has 3 N–H and O–H groups in total. The van der Waals surface area contributed by atoms with E-state index in [-0.39, 0.29) is 23.5 Å². The Kier molecular flexibility index (Phi) is 5.55. The van der Waals surface area contributed by atoms with Gasteiger partial charge in [0.15, 0.2) is 0 Å². The highest BCUT2D eigenvalue weighted by molar-refractivity contribution is 5.74. The Morgan fingerprint density at radius 1 is 1.19 bits per heavy atom. The molecular weight excluding hydrogens is 340 g/mol. The Balaban J connectivity index is 1.45. The van der Waals surface area contributed by atoms with Gasteiger partial charge in [-0.15, -0.1) is 0 Å². The number of benzene rings is 2. The van der Waals surface area contributed by atoms with Crippen LogP contribution in [0.2, 0.25) is 0 Å². The largest absolute Gasteiger partial charge is 0.508 e. The second-order valence-corrected chi connectivity index (χ2v) is 6.32. The van der Waals surface area contributed by atoms with Gasteiger partial charge in [0.25, 0.3) is 0 Å². The fraction of sp³-hybridized carbons (Fsp3) is 0.316. The molecule has 2 amide bonds. The lowest BCUT2D eigenvalue weighted by Crippen LogP contribution is -2.44. The van der Waals surface area contributed by atoms with Crippen molar-refractivity contribution in [1.29, 1.82) is 0 Å². The Bertz CT molecular complexity index is 765. The van der Waals surface area contributed by atoms with Crippen LogP contribution in [-0.4, -0.2) is 36.8 Å². The number of hydrogen-bond acceptors (Lipinski definition) is 3. The van der Waals surface area contributed by atoms with Crippen molar-refractivity contribution in [2.75, 3.05) is 24.5 Å². The van der Waals surface area contributed by atoms with Gasteiger partial charge >= 0.3 is 6.03 Å². The van der Waals surface area contributed by atoms with Crippen molar-refractivity contribution in [1.82, 2.24) is 10.6 Å². The highest BCUT2D eigenvalue weighted by Gasteiger charge is 2.27. The molecular formula is C19H21F2N3O2. The van der Waals surface area contributed by atoms with Crippen LogP contribution in [0.4, 0.5) is 19.3 Å². The van der Waals surface area contributed by atoms with Crippen molar-refractivity contribution in [2.24, 2.45) is 0 Å². The molecule has 3 rings (SSSR count). The summed E-state index contributed by atoms with van der Waals surface area (Å²) in [6.07, 6.45) is 1.22. The van der Waals surface area contributed by atoms with Crippen LogP contribution < -0.4 is 15.5 Å². The van der Waals surface area contributed by atoms with Gasteiger partial charge in [-0.05, 0) is 42.7 Å². The normalized spacial score (nSPS) is 16.5. The standard InChI is InChI=1S/C19H21F2N3O2/c20-16-5-2-6-17(21)18(16)24-10-8-14(12-24)23-19(26)22-9-7-13-3-1-4-15(25)11-13/h1-6,11,14,25H,7-10,12H2,(H2,22,23,26). The SMILES string of the molecule is O=C(NCCc1cccc(O)c1)NC1CCN(c2c(F)cccc2F)C1. The number of carbonyl (C=O) groups is 1. The molecule has 2 aromatic carbocycles. The topological polar surface area (TPSA) is 64.6 Å². The van der Waals surface area contributed by atoms with E-state index in [9.17, 15) is 18.7 Å². The van der Waals surface area contributed by atoms with Crippen molar-refractivity contribution in [3.05, 3.63) is 59.7 Å². The average molecular weight is 361 g/mol. The molecule has 0 saturated carbocycles. The summed E-state index contributed by atoms with van der Waals surface area (Å²) in [7, 11) is 0. The number of phenolic OH excluding ortho intramolecular Hbond substituents is 1. The van der Waals surface area contributed by atoms with E-state index < -0.39 is 11.6 Å². The predicted molar refractivity (Wildman–Crippen MR) is 95.3 cm³/mol. The first-order valence-corrected chi connectivity index (χ1v) is 8.54. The molecule has 1 heterocycles. The predicted octanol–water partition coefficient (Wildman–Crippen LogP) is 2.79. The van der Waals surface area contributed by atoms with Gasteiger partial charge in [-0.2, -0.15) is 0 Å². The monoisotopic (exact) mass is 361 g/mol. The van der Waals surface area contributed by atoms with Crippen molar-refractivity contribution >= 4 is 11.7 Å². The number of halogens is 2. The van der Waals surface area contributed by atoms with Crippen LogP contribution in [0.25, 0.3) is 0 Å². The van der Waals surface area contributed by atoms with Gasteiger partial charge in [0.1, 0.15) is 23.1 Å². The molecule has 138 valence electrons. The number of nitrogens with one attached hydrogen (secondary N) is 2. The van der Waals surface area contributed by atoms with Crippen LogP contribution >= 0.6 is 0 Å². The Labute approximate surface area is 150 Å². The zero-order chi connectivity index (χ0) is 18.5. The number of amides is 2. The van der Waals surface area contributed by atoms with E-state index in [1.165, 1.54) is 18.2 Å². The van der Waals surface area contributed by atoms with Gasteiger partial charge in [0, 0.05) is 25.7 Å². The molecule has 1 saturated heterocycles. The van der Waals surface area contributed by atoms with Gasteiger partial charge in [0.2, 0.25) is 0 Å². The Morgan fingerprint density at radius 3 is 2.65 bits per heavy atom. The number of rotatable bonds is 5. The highest BCUT2D eigenvalue weighted by Crippen LogP contribution is 2.26. The first-order chi connectivity index (χ1) is 12.5. The summed E-state index contributed by atoms with van der Waals surface area (Å²) in [5.74, 6) is -0.999. The molecule has 5 nitrogen and oxygen atoms in total. The molecule has 1 fully saturated rings. The number of urea groups is 1. The number of carbonyl (C=O) groups excluding carboxylic acids is 1. The minimum absolute atomic E-state index is 0.0407. The lowest BCUT2D eigenvalue weighted by Gasteiger charge is -2.20. The van der Waals surface area contributed by atoms with Gasteiger partial charge < -0.3 is 20.6 Å². The zero-order valence-corrected chi connectivity index (χ0v) is 14.2. The molecule has 0 radical (unpaired) electrons. The van der Waals surface area contributed by atoms with Crippen LogP contribution in [0.15, 0.2) is 42.5 Å². The first kappa shape index (κ1) is 18.0. The molecule has 1 atom stereocenters. The van der Waals surface area contributed by atoms with Gasteiger partial charge in [-0.25, -0.2) is 13.6 Å². The molecule has 1 unspecified atom stereocenters. The molecule has 0 aliphatic carbocycles. The van der Waals surface area contributed by atoms with Crippen LogP contribution in [0.5, 0.6) is 5.75 Å². The molecule has 26 heavy (non-hydrogen) atoms. The van der Waals surface area contributed by atoms with Crippen molar-refractivity contribution < 1.29 is 18.7 Å². The number of nitrogens with zero attached hydrogens (tertiary/aromatic N) is 1. The van der Waals surface area contributed by atoms with E-state index in [4.69, 9.17) is 0 Å². The number of anilines is 1. The van der Waals surface area contributed by atoms with E-state index in [0.717, 1.165) is 5.56 Å². The van der Waals surface area contributed by atoms with Crippen molar-refractivity contribution in [3.8, 4) is 5.75 Å². The van der Waals surface area contributed by atoms with Crippen LogP contribution in [-0.2, 0) is 6.42 Å². The summed E-state index contributed by atoms with van der Waals surface area (Å²) < 4.78 is 27.7. The molecule has 1 aliphatic heterocycles. The third-order valence-corrected chi connectivity index (χ3v) is 4.39. The zero-order valence-electron chi connectivity index (χ0n) is 14.2. The summed E-state index contributed by atoms with van der Waals surface area (Å²) in [5.41, 5.74) is 0.883. The molecule has 0 spiro atoms. The van der Waals surface area contributed by atoms with Gasteiger partial charge in [0.05, 0.1) is 0 Å². The molecule has 0 bridgehead atoms. The summed E-state index contributed by atoms with van der Waals surface area (Å²) in [5, 5.41) is 15.0. The summed E-state index contributed by atoms with van der Waals surface area (Å²) in [4.78, 5) is 13.6. The molecule has 1 aliphatic rings. The highest BCUT2D eigenvalue weighted by atomic mass is 19.1. The number of aromatic hydroxyl groups is 1. The van der Waals surface area contributed by atoms with E-state index >= 15 is 0 Å². The lowest BCUT2D eigenvalue weighted by molar-refractivity contribution is 0.238. The van der Waals surface area contributed by atoms with E-state index in [2.05, 4.69) is 10.6 Å². The molecule has 7 heteroatoms. The third kappa shape index (κ3) is 4.41. The van der Waals surface area contributed by atoms with Gasteiger partial charge in [-0.1, -0.05) is 18.2 Å². The quantitative estimate of drug-likeness (QED) is 0.767. The summed E-state index contributed by atoms with van der Waals surface area (Å²) in [6.45, 7) is 1.26. The molecule has 0 aromatic heterocycles. The first-order valence-electron chi connectivity index (χ1n) is 8.54. The Hall–Kier alpha value is -2.83. The second-order valence-electron chi connectivity index (χ2n) is 6.32. The third-order valence-electron chi connectivity index (χ3n) is 4.39. The smallest absolute Gasteiger partial charge is 0.315 e.